The highest BCUT2D eigenvalue weighted by molar-refractivity contribution is 6.35. The average molecular weight is 717 g/mol. The zero-order valence-electron chi connectivity index (χ0n) is 32.6. The minimum atomic E-state index is -0.296. The van der Waals surface area contributed by atoms with Crippen molar-refractivity contribution in [2.24, 2.45) is 16.3 Å². The van der Waals surface area contributed by atoms with Crippen LogP contribution in [0.2, 0.25) is 12.6 Å². The maximum absolute atomic E-state index is 14.3. The number of nitrogens with zero attached hydrogens (tertiary/aromatic N) is 3. The van der Waals surface area contributed by atoms with E-state index in [4.69, 9.17) is 4.74 Å². The molecule has 0 aromatic carbocycles. The molecule has 0 unspecified atom stereocenters. The van der Waals surface area contributed by atoms with Crippen LogP contribution >= 0.6 is 0 Å². The van der Waals surface area contributed by atoms with Crippen molar-refractivity contribution in [3.63, 3.8) is 0 Å². The van der Waals surface area contributed by atoms with E-state index < -0.39 is 0 Å². The molecule has 282 valence electrons. The van der Waals surface area contributed by atoms with E-state index in [2.05, 4.69) is 54.4 Å². The van der Waals surface area contributed by atoms with Gasteiger partial charge in [-0.05, 0) is 81.7 Å². The lowest BCUT2D eigenvalue weighted by Gasteiger charge is -2.53. The van der Waals surface area contributed by atoms with Crippen LogP contribution in [-0.4, -0.2) is 67.6 Å². The fourth-order valence-electron chi connectivity index (χ4n) is 8.11. The van der Waals surface area contributed by atoms with Gasteiger partial charge in [0.15, 0.2) is 0 Å². The van der Waals surface area contributed by atoms with Gasteiger partial charge in [-0.15, -0.1) is 0 Å². The second-order valence-electron chi connectivity index (χ2n) is 14.6. The molecule has 1 N–H and O–H groups in total. The second kappa shape index (κ2) is 20.7. The van der Waals surface area contributed by atoms with Gasteiger partial charge in [0, 0.05) is 55.7 Å². The largest absolute Gasteiger partial charge is 0.381 e. The van der Waals surface area contributed by atoms with Crippen LogP contribution in [-0.2, 0) is 14.3 Å². The number of allylic oxidation sites excluding steroid dienone is 10. The minimum absolute atomic E-state index is 0.179. The van der Waals surface area contributed by atoms with Crippen molar-refractivity contribution < 1.29 is 14.3 Å². The molecule has 4 rings (SSSR count). The Labute approximate surface area is 320 Å². The van der Waals surface area contributed by atoms with E-state index in [1.807, 2.05) is 37.0 Å². The highest BCUT2D eigenvalue weighted by atomic mass is 16.5. The van der Waals surface area contributed by atoms with Gasteiger partial charge in [0.2, 0.25) is 0 Å². The van der Waals surface area contributed by atoms with Crippen molar-refractivity contribution in [1.82, 2.24) is 15.1 Å². The number of ether oxygens (including phenoxy) is 1. The summed E-state index contributed by atoms with van der Waals surface area (Å²) in [5.41, 5.74) is 4.68. The van der Waals surface area contributed by atoms with Gasteiger partial charge in [0.25, 0.3) is 11.8 Å². The van der Waals surface area contributed by atoms with Crippen LogP contribution in [0, 0.1) is 11.3 Å². The van der Waals surface area contributed by atoms with Gasteiger partial charge in [-0.1, -0.05) is 113 Å². The number of aliphatic imine (C=N–C) groups is 1. The van der Waals surface area contributed by atoms with Crippen LogP contribution in [0.15, 0.2) is 138 Å². The third-order valence-corrected chi connectivity index (χ3v) is 11.2. The third-order valence-electron chi connectivity index (χ3n) is 11.2. The first-order valence-electron chi connectivity index (χ1n) is 19.6. The summed E-state index contributed by atoms with van der Waals surface area (Å²) in [5.74, 6) is 1.52. The monoisotopic (exact) mass is 716 g/mol. The minimum Gasteiger partial charge on any atom is -0.381 e. The number of nitrogens with one attached hydrogen (secondary N) is 1. The van der Waals surface area contributed by atoms with Crippen LogP contribution in [0.4, 0.5) is 0 Å². The molecule has 0 aromatic heterocycles. The van der Waals surface area contributed by atoms with E-state index in [9.17, 15) is 9.59 Å². The molecule has 3 aliphatic heterocycles. The summed E-state index contributed by atoms with van der Waals surface area (Å²) in [6.45, 7) is 25.7. The number of amidine groups is 1. The molecule has 2 amide bonds. The Kier molecular flexibility index (Phi) is 16.2. The van der Waals surface area contributed by atoms with Crippen molar-refractivity contribution in [1.29, 1.82) is 0 Å². The molecular formula is C45H61BN4O3. The molecular weight excluding hydrogens is 655 g/mol. The molecule has 3 fully saturated rings. The van der Waals surface area contributed by atoms with Crippen LogP contribution in [0.25, 0.3) is 0 Å². The summed E-state index contributed by atoms with van der Waals surface area (Å²) in [5, 5.41) is 2.99. The molecule has 0 bridgehead atoms. The van der Waals surface area contributed by atoms with Crippen LogP contribution in [0.3, 0.4) is 0 Å². The summed E-state index contributed by atoms with van der Waals surface area (Å²) < 4.78 is 5.60. The standard InChI is InChI=1S/C45H61BN4O3/c1-8-16-37-31-36(35-18-14-20-38(46-7)21-15-19-35)24-28-50(41(37)17-9-2)44(52)34(11-4)22-23-39(12-5)48-43(51)40(13-6)42(47-27-10-3)49-32-45(33-49)25-29-53-30-26-45/h8-13,16-17,22-23,27,31,35,38,46H,1-2,4-5,14-15,18-21,24-26,28-30,32-33H2,3,6-7H3,(H,48,51)/b27-10-,34-22+,37-16-,39-23+,40-13+,41-17+,47-42+. The van der Waals surface area contributed by atoms with Crippen molar-refractivity contribution in [2.75, 3.05) is 32.8 Å². The molecule has 4 aliphatic rings. The van der Waals surface area contributed by atoms with Crippen LogP contribution in [0.5, 0.6) is 0 Å². The Morgan fingerprint density at radius 1 is 0.981 bits per heavy atom. The zero-order chi connectivity index (χ0) is 38.2. The lowest BCUT2D eigenvalue weighted by atomic mass is 9.61. The quantitative estimate of drug-likeness (QED) is 0.0721. The Balaban J connectivity index is 1.54. The summed E-state index contributed by atoms with van der Waals surface area (Å²) in [4.78, 5) is 36.8. The van der Waals surface area contributed by atoms with Gasteiger partial charge in [-0.25, -0.2) is 4.99 Å². The Morgan fingerprint density at radius 3 is 2.26 bits per heavy atom. The topological polar surface area (TPSA) is 74.2 Å². The molecule has 0 atom stereocenters. The molecule has 0 aromatic rings. The number of likely N-dealkylation sites (tertiary alicyclic amines) is 1. The van der Waals surface area contributed by atoms with Gasteiger partial charge in [-0.3, -0.25) is 9.59 Å². The van der Waals surface area contributed by atoms with E-state index in [0.29, 0.717) is 35.1 Å². The van der Waals surface area contributed by atoms with Crippen LogP contribution < -0.4 is 5.32 Å². The van der Waals surface area contributed by atoms with Crippen molar-refractivity contribution in [3.8, 4) is 0 Å². The molecule has 1 saturated carbocycles. The number of carbonyl (C=O) groups excluding carboxylic acids is 2. The van der Waals surface area contributed by atoms with Crippen molar-refractivity contribution in [2.45, 2.75) is 84.3 Å². The van der Waals surface area contributed by atoms with E-state index in [0.717, 1.165) is 62.7 Å². The Hall–Kier alpha value is -4.43. The number of rotatable bonds is 12. The molecule has 1 aliphatic carbocycles. The number of hydrogen-bond acceptors (Lipinski definition) is 4. The van der Waals surface area contributed by atoms with Gasteiger partial charge in [-0.2, -0.15) is 0 Å². The first kappa shape index (κ1) is 41.3. The smallest absolute Gasteiger partial charge is 0.259 e. The highest BCUT2D eigenvalue weighted by Crippen LogP contribution is 2.41. The fourth-order valence-corrected chi connectivity index (χ4v) is 8.11. The van der Waals surface area contributed by atoms with E-state index in [-0.39, 0.29) is 17.2 Å². The number of carbonyl (C=O) groups is 2. The number of hydrogen-bond donors (Lipinski definition) is 1. The van der Waals surface area contributed by atoms with Gasteiger partial charge in [0.1, 0.15) is 13.1 Å². The Morgan fingerprint density at radius 2 is 1.68 bits per heavy atom. The summed E-state index contributed by atoms with van der Waals surface area (Å²) in [6.07, 6.45) is 31.9. The maximum atomic E-state index is 14.3. The number of amides is 2. The lowest BCUT2D eigenvalue weighted by Crippen LogP contribution is -2.61. The first-order valence-corrected chi connectivity index (χ1v) is 19.6. The second-order valence-corrected chi connectivity index (χ2v) is 14.6. The molecule has 8 heteroatoms. The maximum Gasteiger partial charge on any atom is 0.259 e. The highest BCUT2D eigenvalue weighted by Gasteiger charge is 2.46. The van der Waals surface area contributed by atoms with Gasteiger partial charge in [0.05, 0.1) is 11.3 Å². The summed E-state index contributed by atoms with van der Waals surface area (Å²) in [6, 6.07) is 0. The normalized spacial score (nSPS) is 24.8. The first-order chi connectivity index (χ1) is 25.8. The SMILES string of the molecule is C=C/C=C1/C=C(C2CCCC(BC)CCC2)CCN(C(=O)/C(C=C)=C/C=C(\C=C)NC(=O)C(=C/C)/C(=N\C=C/C)N2CC3(CCOCC3)C2)/C1=C/C=C. The molecule has 7 nitrogen and oxygen atoms in total. The predicted octanol–water partition coefficient (Wildman–Crippen LogP) is 8.86. The molecule has 53 heavy (non-hydrogen) atoms. The summed E-state index contributed by atoms with van der Waals surface area (Å²) in [7, 11) is 1.26. The van der Waals surface area contributed by atoms with Crippen molar-refractivity contribution in [3.05, 3.63) is 133 Å². The van der Waals surface area contributed by atoms with E-state index in [1.54, 1.807) is 48.7 Å². The van der Waals surface area contributed by atoms with Gasteiger partial charge >= 0.3 is 0 Å². The molecule has 2 saturated heterocycles. The van der Waals surface area contributed by atoms with E-state index >= 15 is 0 Å². The Bertz CT molecular complexity index is 1610. The van der Waals surface area contributed by atoms with E-state index in [1.165, 1.54) is 51.4 Å². The molecule has 0 radical (unpaired) electrons. The van der Waals surface area contributed by atoms with Crippen LogP contribution in [0.1, 0.15) is 71.6 Å². The molecule has 1 spiro atoms. The van der Waals surface area contributed by atoms with Gasteiger partial charge < -0.3 is 19.9 Å². The zero-order valence-corrected chi connectivity index (χ0v) is 32.6. The fraction of sp³-hybridized carbons (Fsp3) is 0.444. The summed E-state index contributed by atoms with van der Waals surface area (Å²) >= 11 is 0. The third kappa shape index (κ3) is 10.8. The lowest BCUT2D eigenvalue weighted by molar-refractivity contribution is -0.124. The molecule has 3 heterocycles. The van der Waals surface area contributed by atoms with Crippen molar-refractivity contribution >= 4 is 24.9 Å². The average Bonchev–Trinajstić information content (AvgIpc) is 3.31. The predicted molar refractivity (Wildman–Crippen MR) is 224 cm³/mol.